The molecule has 2 aromatic heterocycles. The van der Waals surface area contributed by atoms with Gasteiger partial charge < -0.3 is 9.30 Å². The van der Waals surface area contributed by atoms with Crippen molar-refractivity contribution in [1.29, 1.82) is 0 Å². The molecule has 0 radical (unpaired) electrons. The van der Waals surface area contributed by atoms with Crippen molar-refractivity contribution in [2.24, 2.45) is 0 Å². The van der Waals surface area contributed by atoms with Gasteiger partial charge in [-0.3, -0.25) is 9.88 Å². The van der Waals surface area contributed by atoms with Gasteiger partial charge in [0, 0.05) is 30.5 Å². The molecule has 0 amide bonds. The number of pyridine rings is 1. The maximum absolute atomic E-state index is 5.99. The number of nitrogens with zero attached hydrogens (tertiary/aromatic N) is 5. The zero-order valence-corrected chi connectivity index (χ0v) is 20.9. The van der Waals surface area contributed by atoms with Gasteiger partial charge >= 0.3 is 0 Å². The molecule has 0 aliphatic carbocycles. The monoisotopic (exact) mass is 477 g/mol. The zero-order chi connectivity index (χ0) is 23.2. The van der Waals surface area contributed by atoms with Crippen molar-refractivity contribution in [2.75, 3.05) is 25.4 Å². The summed E-state index contributed by atoms with van der Waals surface area (Å²) < 4.78 is 8.37. The molecule has 0 saturated carbocycles. The van der Waals surface area contributed by atoms with Crippen molar-refractivity contribution in [1.82, 2.24) is 24.6 Å². The third-order valence-corrected chi connectivity index (χ3v) is 7.87. The van der Waals surface area contributed by atoms with E-state index in [1.165, 1.54) is 5.56 Å². The molecular formula is C27H35N5OS. The van der Waals surface area contributed by atoms with Crippen molar-refractivity contribution < 1.29 is 4.74 Å². The lowest BCUT2D eigenvalue weighted by Gasteiger charge is -2.31. The third kappa shape index (κ3) is 6.06. The number of thioether (sulfide) groups is 1. The number of piperidine rings is 1. The number of ether oxygens (including phenoxy) is 1. The maximum Gasteiger partial charge on any atom is 0.191 e. The highest BCUT2D eigenvalue weighted by atomic mass is 32.2. The van der Waals surface area contributed by atoms with Gasteiger partial charge in [0.1, 0.15) is 5.82 Å². The Kier molecular flexibility index (Phi) is 7.94. The van der Waals surface area contributed by atoms with Crippen LogP contribution in [0.15, 0.2) is 53.7 Å². The highest BCUT2D eigenvalue weighted by molar-refractivity contribution is 7.99. The number of hydrogen-bond acceptors (Lipinski definition) is 6. The fourth-order valence-corrected chi connectivity index (χ4v) is 5.99. The molecule has 180 valence electrons. The first kappa shape index (κ1) is 23.5. The molecule has 0 spiro atoms. The van der Waals surface area contributed by atoms with Gasteiger partial charge in [-0.25, -0.2) is 0 Å². The Morgan fingerprint density at radius 2 is 1.85 bits per heavy atom. The first-order valence-electron chi connectivity index (χ1n) is 12.6. The number of hydrogen-bond donors (Lipinski definition) is 0. The highest BCUT2D eigenvalue weighted by Gasteiger charge is 2.28. The topological polar surface area (TPSA) is 56.1 Å². The predicted molar refractivity (Wildman–Crippen MR) is 136 cm³/mol. The third-order valence-electron chi connectivity index (χ3n) is 6.90. The number of aromatic nitrogens is 4. The van der Waals surface area contributed by atoms with Gasteiger partial charge in [0.2, 0.25) is 0 Å². The Labute approximate surface area is 207 Å². The normalized spacial score (nSPS) is 19.6. The van der Waals surface area contributed by atoms with Crippen LogP contribution in [0.5, 0.6) is 0 Å². The molecule has 1 aromatic carbocycles. The second kappa shape index (κ2) is 11.5. The summed E-state index contributed by atoms with van der Waals surface area (Å²) in [5, 5.41) is 10.4. The zero-order valence-electron chi connectivity index (χ0n) is 20.1. The van der Waals surface area contributed by atoms with Gasteiger partial charge in [-0.2, -0.15) is 0 Å². The lowest BCUT2D eigenvalue weighted by Crippen LogP contribution is -2.34. The van der Waals surface area contributed by atoms with E-state index >= 15 is 0 Å². The van der Waals surface area contributed by atoms with Crippen LogP contribution in [0, 0.1) is 6.92 Å². The Morgan fingerprint density at radius 1 is 1.00 bits per heavy atom. The van der Waals surface area contributed by atoms with Gasteiger partial charge in [0.15, 0.2) is 5.16 Å². The predicted octanol–water partition coefficient (Wildman–Crippen LogP) is 4.87. The molecule has 2 aliphatic rings. The molecule has 5 rings (SSSR count). The minimum atomic E-state index is 0.288. The van der Waals surface area contributed by atoms with Gasteiger partial charge in [-0.1, -0.05) is 48.2 Å². The van der Waals surface area contributed by atoms with E-state index in [1.54, 1.807) is 0 Å². The van der Waals surface area contributed by atoms with Crippen LogP contribution >= 0.6 is 11.8 Å². The van der Waals surface area contributed by atoms with Crippen LogP contribution in [0.3, 0.4) is 0 Å². The quantitative estimate of drug-likeness (QED) is 0.410. The minimum absolute atomic E-state index is 0.288. The molecule has 34 heavy (non-hydrogen) atoms. The average molecular weight is 478 g/mol. The average Bonchev–Trinajstić information content (AvgIpc) is 3.51. The van der Waals surface area contributed by atoms with Crippen LogP contribution < -0.4 is 0 Å². The standard InChI is InChI=1S/C27H35N5OS/c1-21-7-5-10-24(28-21)19-31-15-12-23(13-16-31)26-29-30-27(32(26)20-25-11-6-17-33-25)34-18-14-22-8-3-2-4-9-22/h2-5,7-10,23,25H,6,11-20H2,1H3/t25-/m1/s1. The lowest BCUT2D eigenvalue weighted by molar-refractivity contribution is 0.0931. The van der Waals surface area contributed by atoms with E-state index in [0.717, 1.165) is 93.0 Å². The highest BCUT2D eigenvalue weighted by Crippen LogP contribution is 2.31. The molecular weight excluding hydrogens is 442 g/mol. The number of benzene rings is 1. The lowest BCUT2D eigenvalue weighted by atomic mass is 9.95. The molecule has 0 N–H and O–H groups in total. The molecule has 6 nitrogen and oxygen atoms in total. The van der Waals surface area contributed by atoms with E-state index in [2.05, 4.69) is 75.0 Å². The van der Waals surface area contributed by atoms with E-state index in [1.807, 2.05) is 11.8 Å². The Bertz CT molecular complexity index is 1040. The van der Waals surface area contributed by atoms with Crippen LogP contribution in [-0.2, 0) is 24.2 Å². The van der Waals surface area contributed by atoms with Crippen molar-refractivity contribution in [2.45, 2.75) is 69.3 Å². The molecule has 7 heteroatoms. The summed E-state index contributed by atoms with van der Waals surface area (Å²) in [7, 11) is 0. The van der Waals surface area contributed by atoms with E-state index in [4.69, 9.17) is 9.84 Å². The molecule has 3 aromatic rings. The van der Waals surface area contributed by atoms with Gasteiger partial charge in [0.25, 0.3) is 0 Å². The Balaban J connectivity index is 1.23. The second-order valence-electron chi connectivity index (χ2n) is 9.49. The smallest absolute Gasteiger partial charge is 0.191 e. The molecule has 2 fully saturated rings. The molecule has 0 unspecified atom stereocenters. The molecule has 2 aliphatic heterocycles. The Morgan fingerprint density at radius 3 is 2.62 bits per heavy atom. The van der Waals surface area contributed by atoms with Gasteiger partial charge in [0.05, 0.1) is 18.3 Å². The summed E-state index contributed by atoms with van der Waals surface area (Å²) in [6, 6.07) is 17.0. The van der Waals surface area contributed by atoms with E-state index in [-0.39, 0.29) is 6.10 Å². The minimum Gasteiger partial charge on any atom is -0.376 e. The molecule has 1 atom stereocenters. The molecule has 2 saturated heterocycles. The first-order valence-corrected chi connectivity index (χ1v) is 13.6. The van der Waals surface area contributed by atoms with Crippen molar-refractivity contribution in [3.05, 3.63) is 71.3 Å². The van der Waals surface area contributed by atoms with Crippen molar-refractivity contribution in [3.8, 4) is 0 Å². The van der Waals surface area contributed by atoms with Crippen LogP contribution in [-0.4, -0.2) is 56.2 Å². The van der Waals surface area contributed by atoms with Gasteiger partial charge in [-0.15, -0.1) is 10.2 Å². The number of rotatable bonds is 9. The summed E-state index contributed by atoms with van der Waals surface area (Å²) in [6.07, 6.45) is 5.85. The first-order chi connectivity index (χ1) is 16.7. The number of aryl methyl sites for hydroxylation is 2. The van der Waals surface area contributed by atoms with Crippen LogP contribution in [0.2, 0.25) is 0 Å². The SMILES string of the molecule is Cc1cccc(CN2CCC(c3nnc(SCCc4ccccc4)n3C[C@H]3CCCO3)CC2)n1. The Hall–Kier alpha value is -2.22. The maximum atomic E-state index is 5.99. The number of likely N-dealkylation sites (tertiary alicyclic amines) is 1. The summed E-state index contributed by atoms with van der Waals surface area (Å²) >= 11 is 1.83. The largest absolute Gasteiger partial charge is 0.376 e. The summed E-state index contributed by atoms with van der Waals surface area (Å²) in [5.74, 6) is 2.63. The summed E-state index contributed by atoms with van der Waals surface area (Å²) in [6.45, 7) is 6.89. The fourth-order valence-electron chi connectivity index (χ4n) is 5.04. The summed E-state index contributed by atoms with van der Waals surface area (Å²) in [4.78, 5) is 7.21. The van der Waals surface area contributed by atoms with Crippen molar-refractivity contribution >= 4 is 11.8 Å². The van der Waals surface area contributed by atoms with Crippen LogP contribution in [0.1, 0.15) is 54.4 Å². The van der Waals surface area contributed by atoms with E-state index < -0.39 is 0 Å². The van der Waals surface area contributed by atoms with Crippen LogP contribution in [0.4, 0.5) is 0 Å². The van der Waals surface area contributed by atoms with Crippen molar-refractivity contribution in [3.63, 3.8) is 0 Å². The van der Waals surface area contributed by atoms with E-state index in [0.29, 0.717) is 5.92 Å². The molecule has 0 bridgehead atoms. The van der Waals surface area contributed by atoms with E-state index in [9.17, 15) is 0 Å². The van der Waals surface area contributed by atoms with Crippen LogP contribution in [0.25, 0.3) is 0 Å². The molecule has 4 heterocycles. The second-order valence-corrected chi connectivity index (χ2v) is 10.6. The summed E-state index contributed by atoms with van der Waals surface area (Å²) in [5.41, 5.74) is 3.62. The van der Waals surface area contributed by atoms with Gasteiger partial charge in [-0.05, 0) is 69.8 Å². The fraction of sp³-hybridized carbons (Fsp3) is 0.519.